The summed E-state index contributed by atoms with van der Waals surface area (Å²) in [6.07, 6.45) is 12.0. The molecule has 1 N–H and O–H groups in total. The number of amides is 2. The largest absolute Gasteiger partial charge is 0.497 e. The van der Waals surface area contributed by atoms with Gasteiger partial charge in [0.1, 0.15) is 11.8 Å². The third kappa shape index (κ3) is 9.26. The fourth-order valence-electron chi connectivity index (χ4n) is 5.20. The molecule has 0 aromatic heterocycles. The first kappa shape index (κ1) is 30.5. The fraction of sp³-hybridized carbons (Fsp3) is 0.594. The van der Waals surface area contributed by atoms with Crippen molar-refractivity contribution >= 4 is 28.6 Å². The van der Waals surface area contributed by atoms with E-state index in [1.54, 1.807) is 12.0 Å². The average molecular weight is 539 g/mol. The van der Waals surface area contributed by atoms with Gasteiger partial charge in [0.15, 0.2) is 0 Å². The number of fused-ring (bicyclic) bond motifs is 1. The van der Waals surface area contributed by atoms with E-state index >= 15 is 0 Å². The minimum atomic E-state index is -0.848. The highest BCUT2D eigenvalue weighted by molar-refractivity contribution is 5.94. The first-order valence-corrected chi connectivity index (χ1v) is 14.8. The third-order valence-electron chi connectivity index (χ3n) is 7.68. The molecule has 1 fully saturated rings. The number of ether oxygens (including phenoxy) is 2. The zero-order chi connectivity index (χ0) is 28.0. The predicted molar refractivity (Wildman–Crippen MR) is 155 cm³/mol. The molecule has 2 aromatic rings. The number of hydrogen-bond donors (Lipinski definition) is 1. The van der Waals surface area contributed by atoms with Crippen molar-refractivity contribution in [3.8, 4) is 5.75 Å². The van der Waals surface area contributed by atoms with Gasteiger partial charge in [-0.1, -0.05) is 89.0 Å². The van der Waals surface area contributed by atoms with Crippen molar-refractivity contribution in [1.29, 1.82) is 0 Å². The van der Waals surface area contributed by atoms with Gasteiger partial charge in [-0.25, -0.2) is 0 Å². The molecule has 0 spiro atoms. The van der Waals surface area contributed by atoms with Crippen molar-refractivity contribution in [1.82, 2.24) is 10.2 Å². The zero-order valence-corrected chi connectivity index (χ0v) is 24.0. The number of benzene rings is 2. The second kappa shape index (κ2) is 16.1. The van der Waals surface area contributed by atoms with Gasteiger partial charge in [-0.15, -0.1) is 0 Å². The highest BCUT2D eigenvalue weighted by Crippen LogP contribution is 2.27. The Kier molecular flexibility index (Phi) is 12.6. The monoisotopic (exact) mass is 538 g/mol. The Labute approximate surface area is 233 Å². The number of piperazine rings is 1. The summed E-state index contributed by atoms with van der Waals surface area (Å²) in [6.45, 7) is 5.18. The van der Waals surface area contributed by atoms with Crippen molar-refractivity contribution in [2.24, 2.45) is 0 Å². The van der Waals surface area contributed by atoms with Crippen molar-refractivity contribution in [2.45, 2.75) is 96.4 Å². The standard InChI is InChI=1S/C32H46N2O5/c1-4-5-6-7-8-9-10-11-12-13-20-39-30(35)23-29-31(36)33-18-19-34(29)32(37)24(2)25-14-15-27-22-28(38-3)17-16-26(27)21-25/h14-17,21-22,24,29H,4-13,18-20,23H2,1-3H3,(H,33,36)/t24-,29?/m0/s1. The summed E-state index contributed by atoms with van der Waals surface area (Å²) in [4.78, 5) is 40.3. The highest BCUT2D eigenvalue weighted by atomic mass is 16.5. The maximum absolute atomic E-state index is 13.5. The van der Waals surface area contributed by atoms with Crippen LogP contribution in [0.5, 0.6) is 5.75 Å². The second-order valence-electron chi connectivity index (χ2n) is 10.6. The van der Waals surface area contributed by atoms with Crippen LogP contribution in [-0.2, 0) is 19.1 Å². The van der Waals surface area contributed by atoms with Crippen molar-refractivity contribution in [3.05, 3.63) is 42.0 Å². The summed E-state index contributed by atoms with van der Waals surface area (Å²) >= 11 is 0. The van der Waals surface area contributed by atoms with Crippen LogP contribution >= 0.6 is 0 Å². The van der Waals surface area contributed by atoms with Crippen LogP contribution in [0.15, 0.2) is 36.4 Å². The minimum Gasteiger partial charge on any atom is -0.497 e. The minimum absolute atomic E-state index is 0.125. The predicted octanol–water partition coefficient (Wildman–Crippen LogP) is 6.13. The number of rotatable bonds is 16. The Morgan fingerprint density at radius 2 is 1.59 bits per heavy atom. The van der Waals surface area contributed by atoms with E-state index in [2.05, 4.69) is 12.2 Å². The number of hydrogen-bond acceptors (Lipinski definition) is 5. The first-order chi connectivity index (χ1) is 18.9. The zero-order valence-electron chi connectivity index (χ0n) is 24.0. The van der Waals surface area contributed by atoms with E-state index in [1.165, 1.54) is 44.9 Å². The van der Waals surface area contributed by atoms with Crippen LogP contribution in [0.25, 0.3) is 10.8 Å². The number of unbranched alkanes of at least 4 members (excludes halogenated alkanes) is 9. The molecule has 3 rings (SSSR count). The number of methoxy groups -OCH3 is 1. The summed E-state index contributed by atoms with van der Waals surface area (Å²) in [6, 6.07) is 10.9. The summed E-state index contributed by atoms with van der Waals surface area (Å²) in [5, 5.41) is 4.83. The van der Waals surface area contributed by atoms with Crippen LogP contribution < -0.4 is 10.1 Å². The molecular weight excluding hydrogens is 492 g/mol. The average Bonchev–Trinajstić information content (AvgIpc) is 2.95. The summed E-state index contributed by atoms with van der Waals surface area (Å²) in [5.41, 5.74) is 0.867. The maximum atomic E-state index is 13.5. The van der Waals surface area contributed by atoms with Gasteiger partial charge < -0.3 is 19.7 Å². The fourth-order valence-corrected chi connectivity index (χ4v) is 5.20. The van der Waals surface area contributed by atoms with Gasteiger partial charge in [-0.2, -0.15) is 0 Å². The Morgan fingerprint density at radius 3 is 2.28 bits per heavy atom. The Morgan fingerprint density at radius 1 is 0.949 bits per heavy atom. The second-order valence-corrected chi connectivity index (χ2v) is 10.6. The van der Waals surface area contributed by atoms with Gasteiger partial charge in [-0.05, 0) is 41.8 Å². The van der Waals surface area contributed by atoms with Gasteiger partial charge in [-0.3, -0.25) is 14.4 Å². The van der Waals surface area contributed by atoms with Gasteiger partial charge in [0.05, 0.1) is 26.1 Å². The summed E-state index contributed by atoms with van der Waals surface area (Å²) < 4.78 is 10.7. The molecule has 7 nitrogen and oxygen atoms in total. The molecule has 0 aliphatic carbocycles. The molecule has 7 heteroatoms. The van der Waals surface area contributed by atoms with Crippen LogP contribution in [0.3, 0.4) is 0 Å². The third-order valence-corrected chi connectivity index (χ3v) is 7.68. The maximum Gasteiger partial charge on any atom is 0.308 e. The Balaban J connectivity index is 1.46. The number of nitrogens with one attached hydrogen (secondary N) is 1. The lowest BCUT2D eigenvalue weighted by molar-refractivity contribution is -0.152. The number of carbonyl (C=O) groups excluding carboxylic acids is 3. The normalized spacial score (nSPS) is 16.1. The van der Waals surface area contributed by atoms with E-state index in [1.807, 2.05) is 43.3 Å². The summed E-state index contributed by atoms with van der Waals surface area (Å²) in [7, 11) is 1.63. The first-order valence-electron chi connectivity index (χ1n) is 14.8. The van der Waals surface area contributed by atoms with E-state index in [4.69, 9.17) is 9.47 Å². The van der Waals surface area contributed by atoms with E-state index in [-0.39, 0.29) is 18.2 Å². The lowest BCUT2D eigenvalue weighted by Crippen LogP contribution is -2.58. The van der Waals surface area contributed by atoms with Crippen LogP contribution in [-0.4, -0.2) is 55.5 Å². The van der Waals surface area contributed by atoms with Crippen LogP contribution in [0.4, 0.5) is 0 Å². The molecule has 0 radical (unpaired) electrons. The molecule has 2 aromatic carbocycles. The Bertz CT molecular complexity index is 1090. The van der Waals surface area contributed by atoms with Crippen LogP contribution in [0.1, 0.15) is 96.0 Å². The molecule has 0 saturated carbocycles. The number of esters is 1. The molecule has 1 aliphatic rings. The molecule has 1 unspecified atom stereocenters. The van der Waals surface area contributed by atoms with Crippen molar-refractivity contribution < 1.29 is 23.9 Å². The molecule has 2 atom stereocenters. The molecule has 1 saturated heterocycles. The lowest BCUT2D eigenvalue weighted by atomic mass is 9.95. The molecule has 39 heavy (non-hydrogen) atoms. The van der Waals surface area contributed by atoms with Crippen molar-refractivity contribution in [2.75, 3.05) is 26.8 Å². The topological polar surface area (TPSA) is 84.9 Å². The quantitative estimate of drug-likeness (QED) is 0.205. The van der Waals surface area contributed by atoms with Gasteiger partial charge in [0, 0.05) is 13.1 Å². The van der Waals surface area contributed by atoms with Crippen molar-refractivity contribution in [3.63, 3.8) is 0 Å². The molecule has 1 aliphatic heterocycles. The van der Waals surface area contributed by atoms with E-state index in [9.17, 15) is 14.4 Å². The van der Waals surface area contributed by atoms with Gasteiger partial charge in [0.25, 0.3) is 0 Å². The SMILES string of the molecule is CCCCCCCCCCCCOC(=O)CC1C(=O)NCCN1C(=O)[C@@H](C)c1ccc2cc(OC)ccc2c1. The van der Waals surface area contributed by atoms with Gasteiger partial charge in [0.2, 0.25) is 11.8 Å². The summed E-state index contributed by atoms with van der Waals surface area (Å²) in [5.74, 6) is -0.569. The molecule has 2 amide bonds. The van der Waals surface area contributed by atoms with Crippen LogP contribution in [0, 0.1) is 0 Å². The smallest absolute Gasteiger partial charge is 0.308 e. The highest BCUT2D eigenvalue weighted by Gasteiger charge is 2.37. The molecular formula is C32H46N2O5. The molecule has 214 valence electrons. The Hall–Kier alpha value is -3.09. The number of carbonyl (C=O) groups is 3. The van der Waals surface area contributed by atoms with E-state index in [0.29, 0.717) is 19.7 Å². The lowest BCUT2D eigenvalue weighted by Gasteiger charge is -2.36. The van der Waals surface area contributed by atoms with Crippen LogP contribution in [0.2, 0.25) is 0 Å². The van der Waals surface area contributed by atoms with E-state index in [0.717, 1.165) is 41.3 Å². The molecule has 0 bridgehead atoms. The molecule has 1 heterocycles. The van der Waals surface area contributed by atoms with Gasteiger partial charge >= 0.3 is 5.97 Å². The van der Waals surface area contributed by atoms with E-state index < -0.39 is 17.9 Å². The number of nitrogens with zero attached hydrogens (tertiary/aromatic N) is 1.